The fraction of sp³-hybridized carbons (Fsp3) is 0.714. The summed E-state index contributed by atoms with van der Waals surface area (Å²) in [5, 5.41) is 9.52. The van der Waals surface area contributed by atoms with E-state index in [1.54, 1.807) is 17.5 Å². The number of rotatable bonds is 5. The van der Waals surface area contributed by atoms with E-state index in [9.17, 15) is 4.79 Å². The third-order valence-corrected chi connectivity index (χ3v) is 4.98. The van der Waals surface area contributed by atoms with E-state index in [0.29, 0.717) is 0 Å². The summed E-state index contributed by atoms with van der Waals surface area (Å²) in [5.41, 5.74) is -0.233. The van der Waals surface area contributed by atoms with Crippen LogP contribution in [0.4, 0.5) is 0 Å². The van der Waals surface area contributed by atoms with Gasteiger partial charge in [-0.15, -0.1) is 11.3 Å². The molecule has 1 amide bonds. The van der Waals surface area contributed by atoms with Crippen LogP contribution in [-0.2, 0) is 4.79 Å². The van der Waals surface area contributed by atoms with Crippen LogP contribution >= 0.6 is 11.3 Å². The molecule has 0 radical (unpaired) electrons. The van der Waals surface area contributed by atoms with Crippen LogP contribution in [-0.4, -0.2) is 24.0 Å². The Morgan fingerprint density at radius 3 is 3.00 bits per heavy atom. The van der Waals surface area contributed by atoms with Crippen LogP contribution in [0.1, 0.15) is 50.6 Å². The largest absolute Gasteiger partial charge is 0.346 e. The minimum atomic E-state index is -0.233. The first kappa shape index (κ1) is 14.5. The van der Waals surface area contributed by atoms with Gasteiger partial charge in [0, 0.05) is 18.1 Å². The van der Waals surface area contributed by atoms with Crippen molar-refractivity contribution in [2.75, 3.05) is 13.1 Å². The Hall–Kier alpha value is -0.940. The maximum absolute atomic E-state index is 12.6. The van der Waals surface area contributed by atoms with Gasteiger partial charge in [-0.1, -0.05) is 13.8 Å². The van der Waals surface area contributed by atoms with Gasteiger partial charge in [0.15, 0.2) is 0 Å². The quantitative estimate of drug-likeness (QED) is 0.872. The molecule has 2 unspecified atom stereocenters. The molecule has 106 valence electrons. The lowest BCUT2D eigenvalue weighted by molar-refractivity contribution is -0.133. The number of carbonyl (C=O) groups excluding carboxylic acids is 1. The highest BCUT2D eigenvalue weighted by Gasteiger charge is 2.38. The minimum absolute atomic E-state index is 0.0536. The smallest absolute Gasteiger partial charge is 0.228 e. The van der Waals surface area contributed by atoms with Crippen molar-refractivity contribution in [1.82, 2.24) is 15.6 Å². The molecule has 2 rings (SSSR count). The SMILES string of the molecule is CCC(NC(=O)C1(CC)CCCNC1)c1nccs1. The summed E-state index contributed by atoms with van der Waals surface area (Å²) >= 11 is 1.61. The zero-order valence-electron chi connectivity index (χ0n) is 11.7. The Bertz CT molecular complexity index is 399. The number of hydrogen-bond donors (Lipinski definition) is 2. The molecule has 1 aliphatic rings. The Kier molecular flexibility index (Phi) is 4.93. The molecule has 1 aliphatic heterocycles. The second-order valence-corrected chi connectivity index (χ2v) is 6.14. The van der Waals surface area contributed by atoms with E-state index in [2.05, 4.69) is 29.5 Å². The van der Waals surface area contributed by atoms with Gasteiger partial charge in [0.25, 0.3) is 0 Å². The molecule has 2 heterocycles. The summed E-state index contributed by atoms with van der Waals surface area (Å²) < 4.78 is 0. The van der Waals surface area contributed by atoms with Crippen LogP contribution < -0.4 is 10.6 Å². The highest BCUT2D eigenvalue weighted by Crippen LogP contribution is 2.31. The number of amides is 1. The van der Waals surface area contributed by atoms with E-state index in [1.165, 1.54) is 0 Å². The van der Waals surface area contributed by atoms with Crippen molar-refractivity contribution < 1.29 is 4.79 Å². The van der Waals surface area contributed by atoms with Gasteiger partial charge in [-0.25, -0.2) is 4.98 Å². The molecule has 4 nitrogen and oxygen atoms in total. The van der Waals surface area contributed by atoms with Crippen molar-refractivity contribution in [2.24, 2.45) is 5.41 Å². The number of nitrogens with one attached hydrogen (secondary N) is 2. The van der Waals surface area contributed by atoms with Crippen molar-refractivity contribution in [3.05, 3.63) is 16.6 Å². The molecule has 1 saturated heterocycles. The highest BCUT2D eigenvalue weighted by molar-refractivity contribution is 7.09. The zero-order valence-corrected chi connectivity index (χ0v) is 12.6. The Labute approximate surface area is 119 Å². The standard InChI is InChI=1S/C14H23N3OS/c1-3-11(12-16-8-9-19-12)17-13(18)14(4-2)6-5-7-15-10-14/h8-9,11,15H,3-7,10H2,1-2H3,(H,17,18). The highest BCUT2D eigenvalue weighted by atomic mass is 32.1. The van der Waals surface area contributed by atoms with Crippen molar-refractivity contribution in [1.29, 1.82) is 0 Å². The monoisotopic (exact) mass is 281 g/mol. The van der Waals surface area contributed by atoms with Crippen molar-refractivity contribution in [3.8, 4) is 0 Å². The third-order valence-electron chi connectivity index (χ3n) is 4.09. The molecule has 0 aromatic carbocycles. The zero-order chi connectivity index (χ0) is 13.7. The number of aromatic nitrogens is 1. The molecule has 1 aromatic rings. The van der Waals surface area contributed by atoms with Crippen LogP contribution in [0.2, 0.25) is 0 Å². The average molecular weight is 281 g/mol. The summed E-state index contributed by atoms with van der Waals surface area (Å²) in [5.74, 6) is 0.184. The summed E-state index contributed by atoms with van der Waals surface area (Å²) in [6.07, 6.45) is 5.63. The lowest BCUT2D eigenvalue weighted by Gasteiger charge is -2.36. The summed E-state index contributed by atoms with van der Waals surface area (Å²) in [6, 6.07) is 0.0536. The number of thiazole rings is 1. The van der Waals surface area contributed by atoms with Gasteiger partial charge >= 0.3 is 0 Å². The molecule has 1 fully saturated rings. The topological polar surface area (TPSA) is 54.0 Å². The van der Waals surface area contributed by atoms with Gasteiger partial charge in [-0.05, 0) is 32.2 Å². The van der Waals surface area contributed by atoms with E-state index >= 15 is 0 Å². The molecule has 1 aromatic heterocycles. The molecule has 2 N–H and O–H groups in total. The van der Waals surface area contributed by atoms with E-state index in [1.807, 2.05) is 5.38 Å². The van der Waals surface area contributed by atoms with Gasteiger partial charge in [-0.2, -0.15) is 0 Å². The molecular formula is C14H23N3OS. The second-order valence-electron chi connectivity index (χ2n) is 5.22. The lowest BCUT2D eigenvalue weighted by atomic mass is 9.77. The van der Waals surface area contributed by atoms with Crippen LogP contribution in [0.15, 0.2) is 11.6 Å². The number of carbonyl (C=O) groups is 1. The van der Waals surface area contributed by atoms with E-state index in [4.69, 9.17) is 0 Å². The summed E-state index contributed by atoms with van der Waals surface area (Å²) in [6.45, 7) is 6.02. The van der Waals surface area contributed by atoms with Crippen LogP contribution in [0.3, 0.4) is 0 Å². The van der Waals surface area contributed by atoms with E-state index < -0.39 is 0 Å². The fourth-order valence-corrected chi connectivity index (χ4v) is 3.45. The van der Waals surface area contributed by atoms with Crippen LogP contribution in [0.5, 0.6) is 0 Å². The predicted octanol–water partition coefficient (Wildman–Crippen LogP) is 2.49. The molecule has 0 spiro atoms. The van der Waals surface area contributed by atoms with Gasteiger partial charge < -0.3 is 10.6 Å². The lowest BCUT2D eigenvalue weighted by Crippen LogP contribution is -2.50. The predicted molar refractivity (Wildman–Crippen MR) is 78.1 cm³/mol. The molecule has 0 aliphatic carbocycles. The normalized spacial score (nSPS) is 24.9. The molecular weight excluding hydrogens is 258 g/mol. The Morgan fingerprint density at radius 1 is 1.63 bits per heavy atom. The van der Waals surface area contributed by atoms with Crippen molar-refractivity contribution in [3.63, 3.8) is 0 Å². The molecule has 19 heavy (non-hydrogen) atoms. The molecule has 0 saturated carbocycles. The van der Waals surface area contributed by atoms with Gasteiger partial charge in [0.05, 0.1) is 11.5 Å². The average Bonchev–Trinajstić information content (AvgIpc) is 2.99. The Balaban J connectivity index is 2.06. The summed E-state index contributed by atoms with van der Waals surface area (Å²) in [4.78, 5) is 17.0. The first-order chi connectivity index (χ1) is 9.22. The first-order valence-electron chi connectivity index (χ1n) is 7.13. The van der Waals surface area contributed by atoms with Crippen LogP contribution in [0.25, 0.3) is 0 Å². The van der Waals surface area contributed by atoms with E-state index in [-0.39, 0.29) is 17.4 Å². The molecule has 0 bridgehead atoms. The van der Waals surface area contributed by atoms with Crippen LogP contribution in [0, 0.1) is 5.41 Å². The third kappa shape index (κ3) is 3.15. The first-order valence-corrected chi connectivity index (χ1v) is 8.01. The Morgan fingerprint density at radius 2 is 2.47 bits per heavy atom. The van der Waals surface area contributed by atoms with Crippen molar-refractivity contribution >= 4 is 17.2 Å². The fourth-order valence-electron chi connectivity index (χ4n) is 2.68. The minimum Gasteiger partial charge on any atom is -0.346 e. The number of hydrogen-bond acceptors (Lipinski definition) is 4. The van der Waals surface area contributed by atoms with Gasteiger partial charge in [-0.3, -0.25) is 4.79 Å². The van der Waals surface area contributed by atoms with E-state index in [0.717, 1.165) is 43.8 Å². The maximum Gasteiger partial charge on any atom is 0.228 e. The molecule has 2 atom stereocenters. The summed E-state index contributed by atoms with van der Waals surface area (Å²) in [7, 11) is 0. The maximum atomic E-state index is 12.6. The van der Waals surface area contributed by atoms with Gasteiger partial charge in [0.2, 0.25) is 5.91 Å². The number of piperidine rings is 1. The van der Waals surface area contributed by atoms with Crippen molar-refractivity contribution in [2.45, 2.75) is 45.6 Å². The van der Waals surface area contributed by atoms with Gasteiger partial charge in [0.1, 0.15) is 5.01 Å². The number of nitrogens with zero attached hydrogens (tertiary/aromatic N) is 1. The molecule has 5 heteroatoms. The second kappa shape index (κ2) is 6.48.